The molecule has 23 heavy (non-hydrogen) atoms. The van der Waals surface area contributed by atoms with Crippen LogP contribution in [0.5, 0.6) is 0 Å². The van der Waals surface area contributed by atoms with E-state index < -0.39 is 10.0 Å². The molecule has 0 spiro atoms. The number of carbonyl (C=O) groups is 1. The molecule has 1 aromatic carbocycles. The topological polar surface area (TPSA) is 69.7 Å². The van der Waals surface area contributed by atoms with Crippen LogP contribution in [0.1, 0.15) is 32.3 Å². The summed E-state index contributed by atoms with van der Waals surface area (Å²) in [6.45, 7) is 6.58. The molecule has 0 aromatic heterocycles. The molecule has 128 valence electrons. The molecule has 0 saturated carbocycles. The second kappa shape index (κ2) is 7.79. The molecule has 1 N–H and O–H groups in total. The zero-order valence-electron chi connectivity index (χ0n) is 13.8. The molecular weight excluding hydrogens is 314 g/mol. The molecule has 1 saturated heterocycles. The van der Waals surface area contributed by atoms with Gasteiger partial charge in [-0.15, -0.1) is 0 Å². The summed E-state index contributed by atoms with van der Waals surface area (Å²) in [5.41, 5.74) is 0.885. The van der Waals surface area contributed by atoms with Gasteiger partial charge in [0.1, 0.15) is 0 Å². The van der Waals surface area contributed by atoms with Crippen LogP contribution in [0, 0.1) is 0 Å². The van der Waals surface area contributed by atoms with Crippen LogP contribution in [-0.2, 0) is 16.6 Å². The van der Waals surface area contributed by atoms with Crippen LogP contribution in [0.3, 0.4) is 0 Å². The van der Waals surface area contributed by atoms with Crippen LogP contribution in [0.25, 0.3) is 0 Å². The Bertz CT molecular complexity index is 618. The fraction of sp³-hybridized carbons (Fsp3) is 0.562. The fourth-order valence-corrected chi connectivity index (χ4v) is 4.16. The van der Waals surface area contributed by atoms with E-state index >= 15 is 0 Å². The van der Waals surface area contributed by atoms with Gasteiger partial charge in [0.2, 0.25) is 10.0 Å². The first kappa shape index (κ1) is 17.7. The van der Waals surface area contributed by atoms with Crippen molar-refractivity contribution in [1.29, 1.82) is 0 Å². The highest BCUT2D eigenvalue weighted by Gasteiger charge is 2.21. The maximum atomic E-state index is 12.4. The van der Waals surface area contributed by atoms with Gasteiger partial charge in [-0.05, 0) is 30.5 Å². The molecule has 1 fully saturated rings. The number of amides is 2. The molecule has 2 amide bonds. The molecule has 1 aromatic rings. The summed E-state index contributed by atoms with van der Waals surface area (Å²) in [7, 11) is -3.42. The van der Waals surface area contributed by atoms with Gasteiger partial charge >= 0.3 is 6.03 Å². The quantitative estimate of drug-likeness (QED) is 0.862. The number of sulfonamides is 1. The van der Waals surface area contributed by atoms with E-state index in [2.05, 4.69) is 5.32 Å². The Balaban J connectivity index is 1.98. The number of benzene rings is 1. The Morgan fingerprint density at radius 3 is 2.22 bits per heavy atom. The standard InChI is InChI=1S/C16H25N3O3S/c1-3-19(4-2)23(21,22)15-9-7-14(8-10-15)13-17-16(20)18-11-5-6-12-18/h7-10H,3-6,11-13H2,1-2H3,(H,17,20). The second-order valence-electron chi connectivity index (χ2n) is 5.59. The molecule has 0 unspecified atom stereocenters. The third-order valence-electron chi connectivity index (χ3n) is 4.10. The van der Waals surface area contributed by atoms with Crippen LogP contribution < -0.4 is 5.32 Å². The Morgan fingerprint density at radius 2 is 1.70 bits per heavy atom. The first-order valence-electron chi connectivity index (χ1n) is 8.11. The van der Waals surface area contributed by atoms with Gasteiger partial charge in [-0.2, -0.15) is 4.31 Å². The predicted octanol–water partition coefficient (Wildman–Crippen LogP) is 2.02. The van der Waals surface area contributed by atoms with Crippen molar-refractivity contribution in [2.45, 2.75) is 38.1 Å². The largest absolute Gasteiger partial charge is 0.334 e. The van der Waals surface area contributed by atoms with Crippen molar-refractivity contribution in [3.8, 4) is 0 Å². The Kier molecular flexibility index (Phi) is 6.01. The van der Waals surface area contributed by atoms with Gasteiger partial charge in [-0.3, -0.25) is 0 Å². The zero-order chi connectivity index (χ0) is 16.9. The van der Waals surface area contributed by atoms with E-state index in [4.69, 9.17) is 0 Å². The van der Waals surface area contributed by atoms with Crippen LogP contribution >= 0.6 is 0 Å². The lowest BCUT2D eigenvalue weighted by Gasteiger charge is -2.19. The van der Waals surface area contributed by atoms with Crippen molar-refractivity contribution in [3.05, 3.63) is 29.8 Å². The van der Waals surface area contributed by atoms with Gasteiger partial charge in [0, 0.05) is 32.7 Å². The molecule has 1 aliphatic heterocycles. The summed E-state index contributed by atoms with van der Waals surface area (Å²) < 4.78 is 26.2. The number of urea groups is 1. The van der Waals surface area contributed by atoms with Crippen LogP contribution in [0.2, 0.25) is 0 Å². The Labute approximate surface area is 138 Å². The summed E-state index contributed by atoms with van der Waals surface area (Å²) in [5, 5.41) is 2.87. The van der Waals surface area contributed by atoms with E-state index in [0.29, 0.717) is 19.6 Å². The van der Waals surface area contributed by atoms with Gasteiger partial charge in [0.05, 0.1) is 4.90 Å². The minimum absolute atomic E-state index is 0.0534. The smallest absolute Gasteiger partial charge is 0.317 e. The molecule has 7 heteroatoms. The number of hydrogen-bond acceptors (Lipinski definition) is 3. The van der Waals surface area contributed by atoms with E-state index in [1.54, 1.807) is 29.2 Å². The molecule has 0 atom stereocenters. The summed E-state index contributed by atoms with van der Waals surface area (Å²) >= 11 is 0. The first-order valence-corrected chi connectivity index (χ1v) is 9.55. The highest BCUT2D eigenvalue weighted by Crippen LogP contribution is 2.16. The molecule has 1 aliphatic rings. The van der Waals surface area contributed by atoms with E-state index in [1.807, 2.05) is 13.8 Å². The zero-order valence-corrected chi connectivity index (χ0v) is 14.6. The van der Waals surface area contributed by atoms with Crippen LogP contribution in [0.4, 0.5) is 4.79 Å². The van der Waals surface area contributed by atoms with Crippen molar-refractivity contribution < 1.29 is 13.2 Å². The van der Waals surface area contributed by atoms with Crippen molar-refractivity contribution >= 4 is 16.1 Å². The number of carbonyl (C=O) groups excluding carboxylic acids is 1. The lowest BCUT2D eigenvalue weighted by molar-refractivity contribution is 0.208. The van der Waals surface area contributed by atoms with E-state index in [1.165, 1.54) is 4.31 Å². The molecule has 0 aliphatic carbocycles. The molecule has 2 rings (SSSR count). The van der Waals surface area contributed by atoms with Crippen LogP contribution in [0.15, 0.2) is 29.2 Å². The lowest BCUT2D eigenvalue weighted by atomic mass is 10.2. The average molecular weight is 339 g/mol. The van der Waals surface area contributed by atoms with Gasteiger partial charge in [0.25, 0.3) is 0 Å². The third kappa shape index (κ3) is 4.23. The normalized spacial score (nSPS) is 15.2. The first-order chi connectivity index (χ1) is 11.0. The van der Waals surface area contributed by atoms with Gasteiger partial charge in [-0.25, -0.2) is 13.2 Å². The summed E-state index contributed by atoms with van der Waals surface area (Å²) in [5.74, 6) is 0. The van der Waals surface area contributed by atoms with E-state index in [-0.39, 0.29) is 10.9 Å². The minimum atomic E-state index is -3.42. The third-order valence-corrected chi connectivity index (χ3v) is 6.17. The van der Waals surface area contributed by atoms with Crippen LogP contribution in [-0.4, -0.2) is 49.8 Å². The molecule has 6 nitrogen and oxygen atoms in total. The number of rotatable bonds is 6. The Hall–Kier alpha value is -1.60. The number of nitrogens with one attached hydrogen (secondary N) is 1. The molecule has 0 bridgehead atoms. The second-order valence-corrected chi connectivity index (χ2v) is 7.52. The average Bonchev–Trinajstić information content (AvgIpc) is 3.08. The molecule has 0 radical (unpaired) electrons. The number of likely N-dealkylation sites (tertiary alicyclic amines) is 1. The summed E-state index contributed by atoms with van der Waals surface area (Å²) in [4.78, 5) is 14.0. The lowest BCUT2D eigenvalue weighted by Crippen LogP contribution is -2.37. The summed E-state index contributed by atoms with van der Waals surface area (Å²) in [6.07, 6.45) is 2.12. The maximum Gasteiger partial charge on any atom is 0.317 e. The predicted molar refractivity (Wildman–Crippen MR) is 89.6 cm³/mol. The Morgan fingerprint density at radius 1 is 1.13 bits per heavy atom. The number of hydrogen-bond donors (Lipinski definition) is 1. The van der Waals surface area contributed by atoms with Crippen molar-refractivity contribution in [2.24, 2.45) is 0 Å². The van der Waals surface area contributed by atoms with Gasteiger partial charge < -0.3 is 10.2 Å². The highest BCUT2D eigenvalue weighted by molar-refractivity contribution is 7.89. The van der Waals surface area contributed by atoms with E-state index in [9.17, 15) is 13.2 Å². The molecular formula is C16H25N3O3S. The van der Waals surface area contributed by atoms with Gasteiger partial charge in [0.15, 0.2) is 0 Å². The highest BCUT2D eigenvalue weighted by atomic mass is 32.2. The monoisotopic (exact) mass is 339 g/mol. The van der Waals surface area contributed by atoms with E-state index in [0.717, 1.165) is 31.5 Å². The van der Waals surface area contributed by atoms with Crippen molar-refractivity contribution in [1.82, 2.24) is 14.5 Å². The van der Waals surface area contributed by atoms with Crippen molar-refractivity contribution in [3.63, 3.8) is 0 Å². The number of nitrogens with zero attached hydrogens (tertiary/aromatic N) is 2. The maximum absolute atomic E-state index is 12.4. The van der Waals surface area contributed by atoms with Crippen molar-refractivity contribution in [2.75, 3.05) is 26.2 Å². The van der Waals surface area contributed by atoms with Gasteiger partial charge in [-0.1, -0.05) is 26.0 Å². The SMILES string of the molecule is CCN(CC)S(=O)(=O)c1ccc(CNC(=O)N2CCCC2)cc1. The minimum Gasteiger partial charge on any atom is -0.334 e. The molecule has 1 heterocycles. The summed E-state index contributed by atoms with van der Waals surface area (Å²) in [6, 6.07) is 6.65. The fourth-order valence-electron chi connectivity index (χ4n) is 2.70.